The molecule has 0 saturated carbocycles. The molecule has 0 aliphatic carbocycles. The van der Waals surface area contributed by atoms with Crippen LogP contribution in [0.5, 0.6) is 0 Å². The molecule has 2 aromatic heterocycles. The van der Waals surface area contributed by atoms with Crippen molar-refractivity contribution in [2.75, 3.05) is 7.05 Å². The van der Waals surface area contributed by atoms with Gasteiger partial charge in [0.15, 0.2) is 0 Å². The number of aromatic amines is 1. The van der Waals surface area contributed by atoms with Crippen molar-refractivity contribution in [3.05, 3.63) is 81.6 Å². The zero-order valence-corrected chi connectivity index (χ0v) is 14.5. The van der Waals surface area contributed by atoms with E-state index in [0.29, 0.717) is 17.6 Å². The second-order valence-corrected chi connectivity index (χ2v) is 6.93. The summed E-state index contributed by atoms with van der Waals surface area (Å²) in [6.45, 7) is 0.498. The fourth-order valence-electron chi connectivity index (χ4n) is 3.01. The molecule has 2 heterocycles. The minimum Gasteiger partial charge on any atom is -0.336 e. The van der Waals surface area contributed by atoms with E-state index in [0.717, 1.165) is 10.9 Å². The fraction of sp³-hybridized carbons (Fsp3) is 0.100. The van der Waals surface area contributed by atoms with Crippen LogP contribution in [0.15, 0.2) is 64.8 Å². The highest BCUT2D eigenvalue weighted by Gasteiger charge is 2.16. The number of aromatic nitrogens is 1. The van der Waals surface area contributed by atoms with Crippen molar-refractivity contribution in [1.29, 1.82) is 0 Å². The largest absolute Gasteiger partial charge is 0.336 e. The van der Waals surface area contributed by atoms with Gasteiger partial charge in [0.05, 0.1) is 0 Å². The van der Waals surface area contributed by atoms with Gasteiger partial charge in [0.1, 0.15) is 5.69 Å². The predicted octanol–water partition coefficient (Wildman–Crippen LogP) is 4.02. The van der Waals surface area contributed by atoms with Crippen molar-refractivity contribution in [1.82, 2.24) is 9.88 Å². The molecule has 4 aromatic rings. The molecule has 1 amide bonds. The summed E-state index contributed by atoms with van der Waals surface area (Å²) in [7, 11) is 1.75. The Kier molecular flexibility index (Phi) is 3.86. The van der Waals surface area contributed by atoms with Crippen molar-refractivity contribution in [2.24, 2.45) is 0 Å². The third-order valence-electron chi connectivity index (χ3n) is 4.30. The van der Waals surface area contributed by atoms with E-state index < -0.39 is 0 Å². The Morgan fingerprint density at radius 2 is 1.80 bits per heavy atom. The average Bonchev–Trinajstić information content (AvgIpc) is 3.04. The van der Waals surface area contributed by atoms with Crippen molar-refractivity contribution in [2.45, 2.75) is 6.54 Å². The lowest BCUT2D eigenvalue weighted by molar-refractivity contribution is 0.0780. The van der Waals surface area contributed by atoms with Gasteiger partial charge in [0.25, 0.3) is 11.5 Å². The summed E-state index contributed by atoms with van der Waals surface area (Å²) in [6.07, 6.45) is 0. The molecular formula is C20H16N2O2S. The van der Waals surface area contributed by atoms with Crippen molar-refractivity contribution < 1.29 is 4.79 Å². The Balaban J connectivity index is 1.65. The average molecular weight is 348 g/mol. The van der Waals surface area contributed by atoms with Crippen LogP contribution < -0.4 is 5.56 Å². The number of nitrogens with zero attached hydrogens (tertiary/aromatic N) is 1. The first-order valence-electron chi connectivity index (χ1n) is 7.96. The van der Waals surface area contributed by atoms with Gasteiger partial charge in [-0.25, -0.2) is 0 Å². The lowest BCUT2D eigenvalue weighted by atomic mass is 10.1. The van der Waals surface area contributed by atoms with Crippen LogP contribution in [0, 0.1) is 0 Å². The van der Waals surface area contributed by atoms with Crippen molar-refractivity contribution in [3.63, 3.8) is 0 Å². The number of pyridine rings is 1. The minimum atomic E-state index is -0.240. The first kappa shape index (κ1) is 15.6. The van der Waals surface area contributed by atoms with Gasteiger partial charge in [-0.1, -0.05) is 36.4 Å². The zero-order chi connectivity index (χ0) is 17.4. The number of fused-ring (bicyclic) bond motifs is 2. The molecule has 0 aliphatic heterocycles. The molecule has 0 aliphatic rings. The zero-order valence-electron chi connectivity index (χ0n) is 13.7. The van der Waals surface area contributed by atoms with E-state index in [1.54, 1.807) is 35.4 Å². The molecule has 0 radical (unpaired) electrons. The number of H-pyrrole nitrogens is 1. The van der Waals surface area contributed by atoms with Crippen LogP contribution in [0.3, 0.4) is 0 Å². The molecule has 4 nitrogen and oxygen atoms in total. The second kappa shape index (κ2) is 6.18. The third-order valence-corrected chi connectivity index (χ3v) is 5.31. The summed E-state index contributed by atoms with van der Waals surface area (Å²) in [5.41, 5.74) is 1.18. The molecular weight excluding hydrogens is 332 g/mol. The Labute approximate surface area is 148 Å². The lowest BCUT2D eigenvalue weighted by Gasteiger charge is -2.17. The van der Waals surface area contributed by atoms with Crippen LogP contribution in [0.25, 0.3) is 20.9 Å². The molecule has 0 atom stereocenters. The first-order chi connectivity index (χ1) is 12.1. The number of rotatable bonds is 3. The molecule has 25 heavy (non-hydrogen) atoms. The van der Waals surface area contributed by atoms with E-state index in [2.05, 4.69) is 22.5 Å². The Bertz CT molecular complexity index is 1140. The van der Waals surface area contributed by atoms with Crippen LogP contribution in [0.1, 0.15) is 16.1 Å². The van der Waals surface area contributed by atoms with Crippen LogP contribution in [0.4, 0.5) is 0 Å². The number of benzene rings is 2. The number of hydrogen-bond acceptors (Lipinski definition) is 3. The van der Waals surface area contributed by atoms with Gasteiger partial charge in [-0.2, -0.15) is 0 Å². The summed E-state index contributed by atoms with van der Waals surface area (Å²) in [4.78, 5) is 29.3. The van der Waals surface area contributed by atoms with Gasteiger partial charge < -0.3 is 9.88 Å². The lowest BCUT2D eigenvalue weighted by Crippen LogP contribution is -2.28. The Morgan fingerprint density at radius 1 is 1.08 bits per heavy atom. The van der Waals surface area contributed by atoms with Gasteiger partial charge in [-0.15, -0.1) is 11.3 Å². The number of nitrogens with one attached hydrogen (secondary N) is 1. The van der Waals surface area contributed by atoms with Crippen LogP contribution in [0.2, 0.25) is 0 Å². The highest BCUT2D eigenvalue weighted by atomic mass is 32.1. The van der Waals surface area contributed by atoms with Gasteiger partial charge in [-0.3, -0.25) is 9.59 Å². The fourth-order valence-corrected chi connectivity index (χ4v) is 3.97. The number of hydrogen-bond donors (Lipinski definition) is 1. The van der Waals surface area contributed by atoms with E-state index in [9.17, 15) is 9.59 Å². The monoisotopic (exact) mass is 348 g/mol. The minimum absolute atomic E-state index is 0.196. The van der Waals surface area contributed by atoms with E-state index >= 15 is 0 Å². The molecule has 4 rings (SSSR count). The summed E-state index contributed by atoms with van der Waals surface area (Å²) in [5.74, 6) is -0.196. The summed E-state index contributed by atoms with van der Waals surface area (Å²) >= 11 is 1.67. The second-order valence-electron chi connectivity index (χ2n) is 6.02. The maximum Gasteiger partial charge on any atom is 0.270 e. The molecule has 0 spiro atoms. The normalized spacial score (nSPS) is 11.1. The van der Waals surface area contributed by atoms with Crippen molar-refractivity contribution in [3.8, 4) is 0 Å². The van der Waals surface area contributed by atoms with E-state index in [1.165, 1.54) is 10.1 Å². The highest BCUT2D eigenvalue weighted by molar-refractivity contribution is 7.17. The van der Waals surface area contributed by atoms with Crippen molar-refractivity contribution >= 4 is 38.1 Å². The number of thiophene rings is 1. The quantitative estimate of drug-likeness (QED) is 0.608. The number of carbonyl (C=O) groups is 1. The Morgan fingerprint density at radius 3 is 2.64 bits per heavy atom. The molecule has 0 saturated heterocycles. The van der Waals surface area contributed by atoms with Gasteiger partial charge >= 0.3 is 0 Å². The molecule has 0 unspecified atom stereocenters. The molecule has 5 heteroatoms. The molecule has 1 N–H and O–H groups in total. The third kappa shape index (κ3) is 2.83. The van der Waals surface area contributed by atoms with E-state index in [-0.39, 0.29) is 11.5 Å². The van der Waals surface area contributed by atoms with Crippen LogP contribution in [-0.2, 0) is 6.54 Å². The Hall–Kier alpha value is -2.92. The highest BCUT2D eigenvalue weighted by Crippen LogP contribution is 2.26. The number of amides is 1. The maximum atomic E-state index is 12.8. The van der Waals surface area contributed by atoms with E-state index in [4.69, 9.17) is 0 Å². The summed E-state index contributed by atoms with van der Waals surface area (Å²) in [5, 5.41) is 4.60. The predicted molar refractivity (Wildman–Crippen MR) is 102 cm³/mol. The number of carbonyl (C=O) groups excluding carboxylic acids is 1. The topological polar surface area (TPSA) is 53.2 Å². The molecule has 0 fully saturated rings. The molecule has 0 bridgehead atoms. The van der Waals surface area contributed by atoms with Gasteiger partial charge in [-0.05, 0) is 39.9 Å². The summed E-state index contributed by atoms with van der Waals surface area (Å²) in [6, 6.07) is 17.2. The smallest absolute Gasteiger partial charge is 0.270 e. The standard InChI is InChI=1S/C20H16N2O2S/c1-22(11-14-12-25-18-9-5-4-7-15(14)18)20(24)17-10-13-6-2-3-8-16(13)19(23)21-17/h2-10,12H,11H2,1H3,(H,21,23). The first-order valence-corrected chi connectivity index (χ1v) is 8.84. The van der Waals surface area contributed by atoms with E-state index in [1.807, 2.05) is 30.3 Å². The maximum absolute atomic E-state index is 12.8. The van der Waals surface area contributed by atoms with Crippen LogP contribution >= 0.6 is 11.3 Å². The molecule has 2 aromatic carbocycles. The summed E-state index contributed by atoms with van der Waals surface area (Å²) < 4.78 is 1.21. The van der Waals surface area contributed by atoms with Gasteiger partial charge in [0.2, 0.25) is 0 Å². The van der Waals surface area contributed by atoms with Gasteiger partial charge in [0, 0.05) is 23.7 Å². The SMILES string of the molecule is CN(Cc1csc2ccccc12)C(=O)c1cc2ccccc2c(=O)[nH]1. The van der Waals surface area contributed by atoms with Crippen LogP contribution in [-0.4, -0.2) is 22.8 Å². The molecule has 124 valence electrons.